The standard InChI is InChI=1S/C24H21N5O6S/c1-27(24(36)26-22(30)17-13-18(28(32)33)15-19(14-17)29(34)35)21-10-6-5-9-20(21)23(31)25-12-11-16-7-3-2-4-8-16/h2-10,13-15H,11-12H2,1H3,(H,25,31)(H,26,30,36). The number of benzene rings is 3. The van der Waals surface area contributed by atoms with Gasteiger partial charge in [-0.05, 0) is 36.3 Å². The molecular weight excluding hydrogens is 486 g/mol. The zero-order chi connectivity index (χ0) is 26.2. The fourth-order valence-electron chi connectivity index (χ4n) is 3.32. The van der Waals surface area contributed by atoms with E-state index in [-0.39, 0.29) is 16.6 Å². The lowest BCUT2D eigenvalue weighted by molar-refractivity contribution is -0.394. The van der Waals surface area contributed by atoms with Crippen molar-refractivity contribution in [3.05, 3.63) is 110 Å². The van der Waals surface area contributed by atoms with Crippen LogP contribution in [0.2, 0.25) is 0 Å². The molecule has 0 aliphatic heterocycles. The summed E-state index contributed by atoms with van der Waals surface area (Å²) < 4.78 is 0. The van der Waals surface area contributed by atoms with E-state index in [0.29, 0.717) is 24.2 Å². The van der Waals surface area contributed by atoms with Crippen molar-refractivity contribution in [2.24, 2.45) is 0 Å². The van der Waals surface area contributed by atoms with Gasteiger partial charge in [0.25, 0.3) is 23.2 Å². The second-order valence-electron chi connectivity index (χ2n) is 7.58. The summed E-state index contributed by atoms with van der Waals surface area (Å²) in [7, 11) is 1.54. The van der Waals surface area contributed by atoms with Gasteiger partial charge in [0.2, 0.25) is 0 Å². The highest BCUT2D eigenvalue weighted by Crippen LogP contribution is 2.23. The summed E-state index contributed by atoms with van der Waals surface area (Å²) in [4.78, 5) is 47.5. The number of rotatable bonds is 8. The lowest BCUT2D eigenvalue weighted by atomic mass is 10.1. The van der Waals surface area contributed by atoms with Crippen molar-refractivity contribution in [3.63, 3.8) is 0 Å². The number of thiocarbonyl (C=S) groups is 1. The molecule has 0 saturated heterocycles. The molecule has 184 valence electrons. The maximum atomic E-state index is 12.8. The van der Waals surface area contributed by atoms with Crippen LogP contribution in [0.4, 0.5) is 17.1 Å². The molecule has 3 rings (SSSR count). The highest BCUT2D eigenvalue weighted by molar-refractivity contribution is 7.80. The van der Waals surface area contributed by atoms with Gasteiger partial charge in [-0.1, -0.05) is 42.5 Å². The smallest absolute Gasteiger partial charge is 0.277 e. The fourth-order valence-corrected chi connectivity index (χ4v) is 3.51. The second kappa shape index (κ2) is 11.6. The van der Waals surface area contributed by atoms with Crippen LogP contribution in [0.15, 0.2) is 72.8 Å². The summed E-state index contributed by atoms with van der Waals surface area (Å²) in [6.45, 7) is 0.410. The number of non-ortho nitro benzene ring substituents is 2. The van der Waals surface area contributed by atoms with Crippen molar-refractivity contribution >= 4 is 46.2 Å². The zero-order valence-corrected chi connectivity index (χ0v) is 19.9. The highest BCUT2D eigenvalue weighted by atomic mass is 32.1. The summed E-state index contributed by atoms with van der Waals surface area (Å²) >= 11 is 5.30. The van der Waals surface area contributed by atoms with Crippen LogP contribution < -0.4 is 15.5 Å². The van der Waals surface area contributed by atoms with Crippen molar-refractivity contribution in [2.45, 2.75) is 6.42 Å². The molecule has 0 bridgehead atoms. The molecule has 0 aliphatic carbocycles. The normalized spacial score (nSPS) is 10.2. The molecule has 12 heteroatoms. The Morgan fingerprint density at radius 2 is 1.47 bits per heavy atom. The molecule has 36 heavy (non-hydrogen) atoms. The van der Waals surface area contributed by atoms with Gasteiger partial charge in [0.05, 0.1) is 32.7 Å². The average Bonchev–Trinajstić information content (AvgIpc) is 2.88. The van der Waals surface area contributed by atoms with Crippen molar-refractivity contribution in [3.8, 4) is 0 Å². The molecule has 0 saturated carbocycles. The Kier molecular flexibility index (Phi) is 8.36. The number of hydrogen-bond acceptors (Lipinski definition) is 7. The van der Waals surface area contributed by atoms with Gasteiger partial charge < -0.3 is 10.2 Å². The van der Waals surface area contributed by atoms with Crippen LogP contribution in [-0.2, 0) is 6.42 Å². The SMILES string of the molecule is CN(C(=S)NC(=O)c1cc([N+](=O)[O-])cc([N+](=O)[O-])c1)c1ccccc1C(=O)NCCc1ccccc1. The molecular formula is C24H21N5O6S. The molecule has 0 heterocycles. The van der Waals surface area contributed by atoms with E-state index in [9.17, 15) is 29.8 Å². The molecule has 0 fully saturated rings. The predicted octanol–water partition coefficient (Wildman–Crippen LogP) is 3.63. The summed E-state index contributed by atoms with van der Waals surface area (Å²) in [5, 5.41) is 27.3. The lowest BCUT2D eigenvalue weighted by Gasteiger charge is -2.23. The number of nitro groups is 2. The van der Waals surface area contributed by atoms with Gasteiger partial charge in [0, 0.05) is 25.7 Å². The minimum absolute atomic E-state index is 0.112. The van der Waals surface area contributed by atoms with E-state index in [0.717, 1.165) is 23.8 Å². The van der Waals surface area contributed by atoms with Crippen LogP contribution in [0.3, 0.4) is 0 Å². The zero-order valence-electron chi connectivity index (χ0n) is 19.0. The molecule has 0 aromatic heterocycles. The molecule has 0 atom stereocenters. The maximum absolute atomic E-state index is 12.8. The van der Waals surface area contributed by atoms with Crippen molar-refractivity contribution in [1.82, 2.24) is 10.6 Å². The summed E-state index contributed by atoms with van der Waals surface area (Å²) in [5.74, 6) is -1.21. The Balaban J connectivity index is 1.72. The van der Waals surface area contributed by atoms with Crippen molar-refractivity contribution < 1.29 is 19.4 Å². The number of carbonyl (C=O) groups excluding carboxylic acids is 2. The number of nitro benzene ring substituents is 2. The summed E-state index contributed by atoms with van der Waals surface area (Å²) in [6.07, 6.45) is 0.647. The average molecular weight is 508 g/mol. The molecule has 0 radical (unpaired) electrons. The van der Waals surface area contributed by atoms with E-state index < -0.39 is 27.1 Å². The van der Waals surface area contributed by atoms with Gasteiger partial charge in [-0.15, -0.1) is 0 Å². The van der Waals surface area contributed by atoms with Crippen LogP contribution in [0.5, 0.6) is 0 Å². The Labute approximate surface area is 211 Å². The summed E-state index contributed by atoms with van der Waals surface area (Å²) in [5.41, 5.74) is 0.282. The molecule has 2 N–H and O–H groups in total. The molecule has 0 aliphatic rings. The number of para-hydroxylation sites is 1. The number of amides is 2. The Hall–Kier alpha value is -4.71. The van der Waals surface area contributed by atoms with Crippen LogP contribution >= 0.6 is 12.2 Å². The highest BCUT2D eigenvalue weighted by Gasteiger charge is 2.22. The molecule has 3 aromatic rings. The van der Waals surface area contributed by atoms with Crippen LogP contribution in [0.25, 0.3) is 0 Å². The number of nitrogens with one attached hydrogen (secondary N) is 2. The van der Waals surface area contributed by atoms with E-state index in [1.807, 2.05) is 30.3 Å². The van der Waals surface area contributed by atoms with Crippen molar-refractivity contribution in [2.75, 3.05) is 18.5 Å². The van der Waals surface area contributed by atoms with Gasteiger partial charge in [-0.25, -0.2) is 0 Å². The first-order valence-electron chi connectivity index (χ1n) is 10.6. The monoisotopic (exact) mass is 507 g/mol. The maximum Gasteiger partial charge on any atom is 0.277 e. The van der Waals surface area contributed by atoms with E-state index >= 15 is 0 Å². The van der Waals surface area contributed by atoms with Crippen LogP contribution in [0.1, 0.15) is 26.3 Å². The minimum atomic E-state index is -0.872. The van der Waals surface area contributed by atoms with Gasteiger partial charge >= 0.3 is 0 Å². The van der Waals surface area contributed by atoms with Gasteiger partial charge in [-0.3, -0.25) is 35.1 Å². The molecule has 11 nitrogen and oxygen atoms in total. The first-order valence-corrected chi connectivity index (χ1v) is 11.0. The fraction of sp³-hybridized carbons (Fsp3) is 0.125. The van der Waals surface area contributed by atoms with Gasteiger partial charge in [-0.2, -0.15) is 0 Å². The van der Waals surface area contributed by atoms with Gasteiger partial charge in [0.15, 0.2) is 5.11 Å². The molecule has 0 spiro atoms. The van der Waals surface area contributed by atoms with Crippen LogP contribution in [-0.4, -0.2) is 40.4 Å². The predicted molar refractivity (Wildman–Crippen MR) is 137 cm³/mol. The number of hydrogen-bond donors (Lipinski definition) is 2. The first kappa shape index (κ1) is 25.9. The third-order valence-electron chi connectivity index (χ3n) is 5.16. The lowest BCUT2D eigenvalue weighted by Crippen LogP contribution is -2.41. The van der Waals surface area contributed by atoms with E-state index in [2.05, 4.69) is 10.6 Å². The Morgan fingerprint density at radius 1 is 0.889 bits per heavy atom. The van der Waals surface area contributed by atoms with E-state index in [1.165, 1.54) is 11.9 Å². The third kappa shape index (κ3) is 6.45. The third-order valence-corrected chi connectivity index (χ3v) is 5.54. The summed E-state index contributed by atoms with van der Waals surface area (Å²) in [6, 6.07) is 18.9. The van der Waals surface area contributed by atoms with Gasteiger partial charge in [0.1, 0.15) is 0 Å². The molecule has 3 aromatic carbocycles. The second-order valence-corrected chi connectivity index (χ2v) is 7.97. The quantitative estimate of drug-likeness (QED) is 0.267. The van der Waals surface area contributed by atoms with E-state index in [1.54, 1.807) is 24.3 Å². The number of nitrogens with zero attached hydrogens (tertiary/aromatic N) is 3. The number of anilines is 1. The Morgan fingerprint density at radius 3 is 2.08 bits per heavy atom. The van der Waals surface area contributed by atoms with Crippen molar-refractivity contribution in [1.29, 1.82) is 0 Å². The molecule has 2 amide bonds. The topological polar surface area (TPSA) is 148 Å². The minimum Gasteiger partial charge on any atom is -0.352 e. The van der Waals surface area contributed by atoms with E-state index in [4.69, 9.17) is 12.2 Å². The molecule has 0 unspecified atom stereocenters. The number of carbonyl (C=O) groups is 2. The Bertz CT molecular complexity index is 1300. The first-order chi connectivity index (χ1) is 17.2. The largest absolute Gasteiger partial charge is 0.352 e. The van der Waals surface area contributed by atoms with Crippen LogP contribution in [0, 0.1) is 20.2 Å².